The van der Waals surface area contributed by atoms with Crippen molar-refractivity contribution in [1.29, 1.82) is 0 Å². The Morgan fingerprint density at radius 2 is 2.04 bits per heavy atom. The third-order valence-corrected chi connectivity index (χ3v) is 4.83. The lowest BCUT2D eigenvalue weighted by atomic mass is 9.71. The van der Waals surface area contributed by atoms with Crippen LogP contribution in [-0.4, -0.2) is 44.0 Å². The molecule has 0 spiro atoms. The lowest BCUT2D eigenvalue weighted by Crippen LogP contribution is -2.47. The molecule has 1 saturated carbocycles. The van der Waals surface area contributed by atoms with Crippen LogP contribution >= 0.6 is 0 Å². The molecule has 8 nitrogen and oxygen atoms in total. The Morgan fingerprint density at radius 1 is 1.29 bits per heavy atom. The maximum atomic E-state index is 12.5. The summed E-state index contributed by atoms with van der Waals surface area (Å²) in [5.74, 6) is -0.798. The average molecular weight is 328 g/mol. The molecule has 3 aliphatic rings. The number of carboxylic acids is 1. The minimum absolute atomic E-state index is 0.129. The SMILES string of the molecule is O=C(O)c1n[nH]nc1C12CC(CN1C(=O)OCc1ccccc1)C2. The van der Waals surface area contributed by atoms with Gasteiger partial charge in [-0.15, -0.1) is 5.10 Å². The van der Waals surface area contributed by atoms with Gasteiger partial charge in [-0.1, -0.05) is 30.3 Å². The number of amides is 1. The van der Waals surface area contributed by atoms with E-state index in [1.807, 2.05) is 30.3 Å². The molecule has 5 rings (SSSR count). The van der Waals surface area contributed by atoms with Crippen LogP contribution in [0.3, 0.4) is 0 Å². The second-order valence-corrected chi connectivity index (χ2v) is 6.28. The largest absolute Gasteiger partial charge is 0.476 e. The van der Waals surface area contributed by atoms with Gasteiger partial charge in [0.1, 0.15) is 12.3 Å². The number of nitrogens with one attached hydrogen (secondary N) is 1. The number of carbonyl (C=O) groups is 2. The number of aromatic carboxylic acids is 1. The smallest absolute Gasteiger partial charge is 0.410 e. The Kier molecular flexibility index (Phi) is 3.26. The molecule has 1 aromatic heterocycles. The molecule has 3 heterocycles. The van der Waals surface area contributed by atoms with Crippen molar-refractivity contribution in [2.45, 2.75) is 25.0 Å². The predicted octanol–water partition coefficient (Wildman–Crippen LogP) is 1.76. The van der Waals surface area contributed by atoms with Gasteiger partial charge in [-0.3, -0.25) is 4.90 Å². The molecule has 1 aliphatic carbocycles. The highest BCUT2D eigenvalue weighted by Gasteiger charge is 2.62. The van der Waals surface area contributed by atoms with E-state index in [9.17, 15) is 14.7 Å². The predicted molar refractivity (Wildman–Crippen MR) is 81.1 cm³/mol. The highest BCUT2D eigenvalue weighted by molar-refractivity contribution is 5.87. The number of carbonyl (C=O) groups excluding carboxylic acids is 1. The van der Waals surface area contributed by atoms with Gasteiger partial charge in [0.2, 0.25) is 0 Å². The minimum atomic E-state index is -1.15. The first-order valence-electron chi connectivity index (χ1n) is 7.73. The fourth-order valence-electron chi connectivity index (χ4n) is 3.75. The van der Waals surface area contributed by atoms with Crippen LogP contribution in [0.5, 0.6) is 0 Å². The Bertz CT molecular complexity index is 782. The molecule has 8 heteroatoms. The highest BCUT2D eigenvalue weighted by atomic mass is 16.6. The van der Waals surface area contributed by atoms with Gasteiger partial charge in [-0.25, -0.2) is 9.59 Å². The van der Waals surface area contributed by atoms with Crippen molar-refractivity contribution >= 4 is 12.1 Å². The van der Waals surface area contributed by atoms with E-state index < -0.39 is 17.6 Å². The molecule has 1 aromatic carbocycles. The van der Waals surface area contributed by atoms with Crippen LogP contribution in [0.2, 0.25) is 0 Å². The zero-order valence-corrected chi connectivity index (χ0v) is 12.8. The van der Waals surface area contributed by atoms with Crippen molar-refractivity contribution < 1.29 is 19.4 Å². The van der Waals surface area contributed by atoms with Gasteiger partial charge >= 0.3 is 12.1 Å². The molecule has 124 valence electrons. The molecule has 2 N–H and O–H groups in total. The third kappa shape index (κ3) is 2.14. The van der Waals surface area contributed by atoms with Crippen molar-refractivity contribution in [3.63, 3.8) is 0 Å². The lowest BCUT2D eigenvalue weighted by molar-refractivity contribution is 0.0523. The minimum Gasteiger partial charge on any atom is -0.476 e. The second kappa shape index (κ2) is 5.33. The van der Waals surface area contributed by atoms with Crippen molar-refractivity contribution in [1.82, 2.24) is 20.3 Å². The summed E-state index contributed by atoms with van der Waals surface area (Å²) in [5.41, 5.74) is 0.384. The number of carboxylic acid groups (broad SMARTS) is 1. The number of hydrogen-bond acceptors (Lipinski definition) is 5. The zero-order valence-electron chi connectivity index (χ0n) is 12.8. The van der Waals surface area contributed by atoms with Gasteiger partial charge in [0.15, 0.2) is 5.69 Å². The van der Waals surface area contributed by atoms with Crippen LogP contribution in [0.25, 0.3) is 0 Å². The van der Waals surface area contributed by atoms with Crippen LogP contribution in [0.4, 0.5) is 4.79 Å². The number of aromatic nitrogens is 3. The molecule has 2 saturated heterocycles. The Morgan fingerprint density at radius 3 is 2.75 bits per heavy atom. The fraction of sp³-hybridized carbons (Fsp3) is 0.375. The van der Waals surface area contributed by atoms with Gasteiger partial charge in [0.05, 0.1) is 5.54 Å². The molecular formula is C16H16N4O4. The van der Waals surface area contributed by atoms with Crippen LogP contribution in [0.1, 0.15) is 34.6 Å². The van der Waals surface area contributed by atoms with E-state index in [2.05, 4.69) is 15.4 Å². The van der Waals surface area contributed by atoms with E-state index in [0.29, 0.717) is 31.0 Å². The molecule has 0 unspecified atom stereocenters. The summed E-state index contributed by atoms with van der Waals surface area (Å²) in [6.45, 7) is 0.737. The fourth-order valence-corrected chi connectivity index (χ4v) is 3.75. The van der Waals surface area contributed by atoms with Crippen LogP contribution in [-0.2, 0) is 16.9 Å². The second-order valence-electron chi connectivity index (χ2n) is 6.28. The average Bonchev–Trinajstić information content (AvgIpc) is 3.24. The summed E-state index contributed by atoms with van der Waals surface area (Å²) in [4.78, 5) is 25.5. The maximum absolute atomic E-state index is 12.5. The molecular weight excluding hydrogens is 312 g/mol. The Hall–Kier alpha value is -2.90. The first-order chi connectivity index (χ1) is 11.6. The van der Waals surface area contributed by atoms with Gasteiger partial charge in [0, 0.05) is 6.54 Å². The van der Waals surface area contributed by atoms with Crippen molar-refractivity contribution in [2.24, 2.45) is 5.92 Å². The highest BCUT2D eigenvalue weighted by Crippen LogP contribution is 2.57. The number of benzene rings is 1. The number of rotatable bonds is 4. The van der Waals surface area contributed by atoms with E-state index in [0.717, 1.165) is 5.56 Å². The third-order valence-electron chi connectivity index (χ3n) is 4.83. The van der Waals surface area contributed by atoms with Crippen molar-refractivity contribution in [3.8, 4) is 0 Å². The first-order valence-corrected chi connectivity index (χ1v) is 7.73. The summed E-state index contributed by atoms with van der Waals surface area (Å²) >= 11 is 0. The van der Waals surface area contributed by atoms with E-state index in [1.165, 1.54) is 0 Å². The van der Waals surface area contributed by atoms with E-state index in [1.54, 1.807) is 4.90 Å². The van der Waals surface area contributed by atoms with Crippen LogP contribution < -0.4 is 0 Å². The van der Waals surface area contributed by atoms with Gasteiger partial charge in [0.25, 0.3) is 0 Å². The molecule has 2 aliphatic heterocycles. The Balaban J connectivity index is 1.54. The standard InChI is InChI=1S/C16H16N4O4/c21-14(22)12-13(18-19-17-12)16-6-11(7-16)8-20(16)15(23)24-9-10-4-2-1-3-5-10/h1-5,11H,6-9H2,(H,21,22)(H,17,18,19). The number of nitrogens with zero attached hydrogens (tertiary/aromatic N) is 3. The van der Waals surface area contributed by atoms with Crippen LogP contribution in [0, 0.1) is 5.92 Å². The molecule has 2 aromatic rings. The van der Waals surface area contributed by atoms with Crippen molar-refractivity contribution in [2.75, 3.05) is 6.54 Å². The van der Waals surface area contributed by atoms with E-state index in [4.69, 9.17) is 4.74 Å². The summed E-state index contributed by atoms with van der Waals surface area (Å²) in [6, 6.07) is 9.42. The number of fused-ring (bicyclic) bond motifs is 1. The molecule has 0 atom stereocenters. The molecule has 1 amide bonds. The topological polar surface area (TPSA) is 108 Å². The van der Waals surface area contributed by atoms with Gasteiger partial charge < -0.3 is 9.84 Å². The molecule has 2 bridgehead atoms. The number of ether oxygens (including phenoxy) is 1. The number of aromatic amines is 1. The first kappa shape index (κ1) is 14.7. The Labute approximate surface area is 137 Å². The van der Waals surface area contributed by atoms with Crippen molar-refractivity contribution in [3.05, 3.63) is 47.3 Å². The quantitative estimate of drug-likeness (QED) is 0.885. The molecule has 24 heavy (non-hydrogen) atoms. The summed E-state index contributed by atoms with van der Waals surface area (Å²) < 4.78 is 5.41. The zero-order chi connectivity index (χ0) is 16.7. The van der Waals surface area contributed by atoms with E-state index in [-0.39, 0.29) is 12.3 Å². The maximum Gasteiger partial charge on any atom is 0.410 e. The monoisotopic (exact) mass is 328 g/mol. The lowest BCUT2D eigenvalue weighted by Gasteiger charge is -2.40. The summed E-state index contributed by atoms with van der Waals surface area (Å²) in [7, 11) is 0. The van der Waals surface area contributed by atoms with E-state index >= 15 is 0 Å². The molecule has 3 fully saturated rings. The summed E-state index contributed by atoms with van der Waals surface area (Å²) in [5, 5.41) is 19.3. The van der Waals surface area contributed by atoms with Gasteiger partial charge in [-0.05, 0) is 24.3 Å². The molecule has 0 radical (unpaired) electrons. The normalized spacial score (nSPS) is 24.5. The summed E-state index contributed by atoms with van der Waals surface area (Å²) in [6.07, 6.45) is 0.943. The number of H-pyrrole nitrogens is 1. The van der Waals surface area contributed by atoms with Gasteiger partial charge in [-0.2, -0.15) is 10.3 Å². The number of hydrogen-bond donors (Lipinski definition) is 2. The van der Waals surface area contributed by atoms with Crippen LogP contribution in [0.15, 0.2) is 30.3 Å².